The molecular weight excluding hydrogens is 346 g/mol. The van der Waals surface area contributed by atoms with Gasteiger partial charge in [-0.05, 0) is 77.5 Å². The molecular formula is C21H38ClN3O. The fraction of sp³-hybridized carbons (Fsp3) is 0.857. The molecule has 1 saturated heterocycles. The molecule has 2 rings (SSSR count). The average molecular weight is 384 g/mol. The first-order valence-electron chi connectivity index (χ1n) is 10.3. The van der Waals surface area contributed by atoms with Crippen molar-refractivity contribution in [3.63, 3.8) is 0 Å². The van der Waals surface area contributed by atoms with E-state index >= 15 is 0 Å². The fourth-order valence-corrected chi connectivity index (χ4v) is 4.50. The predicted octanol–water partition coefficient (Wildman–Crippen LogP) is 4.43. The lowest BCUT2D eigenvalue weighted by Crippen LogP contribution is -2.36. The van der Waals surface area contributed by atoms with Crippen molar-refractivity contribution in [2.45, 2.75) is 72.4 Å². The Morgan fingerprint density at radius 1 is 1.38 bits per heavy atom. The summed E-state index contributed by atoms with van der Waals surface area (Å²) < 4.78 is 5.77. The van der Waals surface area contributed by atoms with Crippen LogP contribution in [-0.4, -0.2) is 49.1 Å². The van der Waals surface area contributed by atoms with Gasteiger partial charge in [0, 0.05) is 17.4 Å². The van der Waals surface area contributed by atoms with Crippen LogP contribution in [0.4, 0.5) is 0 Å². The number of nitrogens with two attached hydrogens (primary N) is 1. The van der Waals surface area contributed by atoms with Crippen LogP contribution in [0.2, 0.25) is 0 Å². The molecule has 0 spiro atoms. The van der Waals surface area contributed by atoms with Crippen molar-refractivity contribution >= 4 is 17.5 Å². The molecule has 0 aromatic heterocycles. The van der Waals surface area contributed by atoms with Crippen molar-refractivity contribution in [1.82, 2.24) is 4.90 Å². The largest absolute Gasteiger partial charge is 0.479 e. The van der Waals surface area contributed by atoms with E-state index in [1.807, 2.05) is 20.8 Å². The minimum absolute atomic E-state index is 0.0598. The molecule has 0 radical (unpaired) electrons. The Bertz CT molecular complexity index is 511. The second kappa shape index (κ2) is 9.57. The van der Waals surface area contributed by atoms with E-state index in [2.05, 4.69) is 24.8 Å². The van der Waals surface area contributed by atoms with Crippen molar-refractivity contribution in [3.8, 4) is 0 Å². The van der Waals surface area contributed by atoms with Crippen molar-refractivity contribution in [2.24, 2.45) is 28.0 Å². The van der Waals surface area contributed by atoms with E-state index in [1.165, 1.54) is 25.9 Å². The van der Waals surface area contributed by atoms with Gasteiger partial charge in [0.05, 0.1) is 12.1 Å². The van der Waals surface area contributed by atoms with Crippen LogP contribution in [0.15, 0.2) is 16.1 Å². The maximum atomic E-state index is 6.38. The lowest BCUT2D eigenvalue weighted by molar-refractivity contribution is 0.181. The van der Waals surface area contributed by atoms with Gasteiger partial charge in [-0.3, -0.25) is 4.99 Å². The molecule has 150 valence electrons. The van der Waals surface area contributed by atoms with Gasteiger partial charge >= 0.3 is 0 Å². The summed E-state index contributed by atoms with van der Waals surface area (Å²) in [4.78, 5) is 7.49. The van der Waals surface area contributed by atoms with Gasteiger partial charge in [-0.1, -0.05) is 31.5 Å². The molecule has 0 amide bonds. The van der Waals surface area contributed by atoms with Crippen molar-refractivity contribution < 1.29 is 4.74 Å². The topological polar surface area (TPSA) is 50.8 Å². The average Bonchev–Trinajstić information content (AvgIpc) is 3.13. The van der Waals surface area contributed by atoms with Gasteiger partial charge in [0.2, 0.25) is 0 Å². The zero-order valence-corrected chi connectivity index (χ0v) is 18.1. The minimum atomic E-state index is 0.0598. The Morgan fingerprint density at radius 2 is 2.04 bits per heavy atom. The third-order valence-electron chi connectivity index (χ3n) is 6.04. The molecule has 3 unspecified atom stereocenters. The molecule has 2 N–H and O–H groups in total. The first-order chi connectivity index (χ1) is 12.3. The monoisotopic (exact) mass is 383 g/mol. The molecule has 4 nitrogen and oxygen atoms in total. The highest BCUT2D eigenvalue weighted by Crippen LogP contribution is 2.58. The van der Waals surface area contributed by atoms with Gasteiger partial charge < -0.3 is 15.4 Å². The van der Waals surface area contributed by atoms with E-state index < -0.39 is 0 Å². The SMILES string of the molecule is CC/C(Cl)=C\C1(C)C(CCN2CCC(CN)CC2)C1N=C(C)OC(C)C. The van der Waals surface area contributed by atoms with E-state index in [1.54, 1.807) is 0 Å². The van der Waals surface area contributed by atoms with Gasteiger partial charge in [-0.25, -0.2) is 0 Å². The molecule has 3 atom stereocenters. The number of likely N-dealkylation sites (tertiary alicyclic amines) is 1. The molecule has 0 aromatic carbocycles. The number of nitrogens with zero attached hydrogens (tertiary/aromatic N) is 2. The van der Waals surface area contributed by atoms with E-state index in [9.17, 15) is 0 Å². The number of hydrogen-bond donors (Lipinski definition) is 1. The molecule has 1 aliphatic carbocycles. The van der Waals surface area contributed by atoms with Crippen molar-refractivity contribution in [3.05, 3.63) is 11.1 Å². The summed E-state index contributed by atoms with van der Waals surface area (Å²) in [5.74, 6) is 2.06. The number of hydrogen-bond acceptors (Lipinski definition) is 4. The second-order valence-corrected chi connectivity index (χ2v) is 8.97. The van der Waals surface area contributed by atoms with Crippen LogP contribution in [0.5, 0.6) is 0 Å². The predicted molar refractivity (Wildman–Crippen MR) is 112 cm³/mol. The number of piperidine rings is 1. The molecule has 1 saturated carbocycles. The summed E-state index contributed by atoms with van der Waals surface area (Å²) in [5, 5.41) is 0.946. The maximum Gasteiger partial charge on any atom is 0.180 e. The first-order valence-corrected chi connectivity index (χ1v) is 10.7. The van der Waals surface area contributed by atoms with Crippen LogP contribution < -0.4 is 5.73 Å². The second-order valence-electron chi connectivity index (χ2n) is 8.49. The van der Waals surface area contributed by atoms with Crippen LogP contribution in [0, 0.1) is 17.3 Å². The highest BCUT2D eigenvalue weighted by molar-refractivity contribution is 6.29. The highest BCUT2D eigenvalue weighted by atomic mass is 35.5. The van der Waals surface area contributed by atoms with Gasteiger partial charge in [0.25, 0.3) is 0 Å². The summed E-state index contributed by atoms with van der Waals surface area (Å²) in [6.07, 6.45) is 6.94. The van der Waals surface area contributed by atoms with Crippen LogP contribution in [-0.2, 0) is 4.74 Å². The van der Waals surface area contributed by atoms with Gasteiger partial charge in [-0.15, -0.1) is 0 Å². The summed E-state index contributed by atoms with van der Waals surface area (Å²) in [5.41, 5.74) is 5.87. The van der Waals surface area contributed by atoms with Crippen LogP contribution in [0.3, 0.4) is 0 Å². The fourth-order valence-electron chi connectivity index (χ4n) is 4.26. The summed E-state index contributed by atoms with van der Waals surface area (Å²) in [6.45, 7) is 14.8. The van der Waals surface area contributed by atoms with Gasteiger partial charge in [0.1, 0.15) is 0 Å². The Labute approximate surface area is 165 Å². The van der Waals surface area contributed by atoms with E-state index in [4.69, 9.17) is 27.1 Å². The lowest BCUT2D eigenvalue weighted by atomic mass is 9.96. The Hall–Kier alpha value is -0.580. The highest BCUT2D eigenvalue weighted by Gasteiger charge is 2.60. The summed E-state index contributed by atoms with van der Waals surface area (Å²) in [6, 6.07) is 0.281. The summed E-state index contributed by atoms with van der Waals surface area (Å²) >= 11 is 6.38. The number of allylic oxidation sites excluding steroid dienone is 1. The van der Waals surface area contributed by atoms with E-state index in [-0.39, 0.29) is 17.6 Å². The molecule has 26 heavy (non-hydrogen) atoms. The number of aliphatic imine (C=N–C) groups is 1. The molecule has 2 fully saturated rings. The van der Waals surface area contributed by atoms with E-state index in [0.717, 1.165) is 42.8 Å². The first kappa shape index (κ1) is 21.7. The molecule has 0 bridgehead atoms. The molecule has 1 heterocycles. The Morgan fingerprint density at radius 3 is 2.58 bits per heavy atom. The number of rotatable bonds is 8. The smallest absolute Gasteiger partial charge is 0.180 e. The third kappa shape index (κ3) is 5.71. The zero-order chi connectivity index (χ0) is 19.3. The summed E-state index contributed by atoms with van der Waals surface area (Å²) in [7, 11) is 0. The number of halogens is 1. The number of ether oxygens (including phenoxy) is 1. The van der Waals surface area contributed by atoms with Crippen LogP contribution in [0.25, 0.3) is 0 Å². The van der Waals surface area contributed by atoms with Crippen LogP contribution >= 0.6 is 11.6 Å². The standard InChI is InChI=1S/C21H38ClN3O/c1-6-18(22)13-21(5)19(20(21)24-16(4)26-15(2)3)9-12-25-10-7-17(14-23)8-11-25/h13,15,17,19-20H,6-12,14,23H2,1-5H3/b18-13+,24-16?. The lowest BCUT2D eigenvalue weighted by Gasteiger charge is -2.31. The normalized spacial score (nSPS) is 31.5. The Balaban J connectivity index is 1.97. The third-order valence-corrected chi connectivity index (χ3v) is 6.41. The van der Waals surface area contributed by atoms with Crippen LogP contribution in [0.1, 0.15) is 60.3 Å². The van der Waals surface area contributed by atoms with Crippen molar-refractivity contribution in [2.75, 3.05) is 26.2 Å². The van der Waals surface area contributed by atoms with Gasteiger partial charge in [0.15, 0.2) is 5.90 Å². The quantitative estimate of drug-likeness (QED) is 0.498. The molecule has 0 aromatic rings. The molecule has 5 heteroatoms. The van der Waals surface area contributed by atoms with E-state index in [0.29, 0.717) is 5.92 Å². The zero-order valence-electron chi connectivity index (χ0n) is 17.3. The van der Waals surface area contributed by atoms with Crippen molar-refractivity contribution in [1.29, 1.82) is 0 Å². The molecule has 2 aliphatic rings. The minimum Gasteiger partial charge on any atom is -0.479 e. The van der Waals surface area contributed by atoms with Gasteiger partial charge in [-0.2, -0.15) is 0 Å². The molecule has 1 aliphatic heterocycles. The Kier molecular flexibility index (Phi) is 7.99. The maximum absolute atomic E-state index is 6.38.